The summed E-state index contributed by atoms with van der Waals surface area (Å²) in [5.41, 5.74) is 0. The molecular formula is C11H19N3O. The van der Waals surface area contributed by atoms with Gasteiger partial charge in [-0.05, 0) is 25.8 Å². The highest BCUT2D eigenvalue weighted by atomic mass is 16.1. The van der Waals surface area contributed by atoms with Crippen LogP contribution in [-0.2, 0) is 4.79 Å². The van der Waals surface area contributed by atoms with Crippen LogP contribution in [-0.4, -0.2) is 25.0 Å². The molecule has 1 heterocycles. The second-order valence-electron chi connectivity index (χ2n) is 4.02. The Morgan fingerprint density at radius 2 is 2.53 bits per heavy atom. The lowest BCUT2D eigenvalue weighted by Gasteiger charge is -2.24. The minimum atomic E-state index is 0.0180. The van der Waals surface area contributed by atoms with E-state index in [4.69, 9.17) is 5.26 Å². The molecule has 0 aromatic rings. The van der Waals surface area contributed by atoms with E-state index in [2.05, 4.69) is 16.7 Å². The average Bonchev–Trinajstić information content (AvgIpc) is 2.29. The highest BCUT2D eigenvalue weighted by Crippen LogP contribution is 2.10. The summed E-state index contributed by atoms with van der Waals surface area (Å²) in [5.74, 6) is 0.191. The van der Waals surface area contributed by atoms with Gasteiger partial charge in [-0.1, -0.05) is 6.92 Å². The molecule has 0 aromatic carbocycles. The molecule has 1 aliphatic heterocycles. The first-order chi connectivity index (χ1) is 7.27. The lowest BCUT2D eigenvalue weighted by atomic mass is 9.98. The molecule has 1 unspecified atom stereocenters. The quantitative estimate of drug-likeness (QED) is 0.719. The summed E-state index contributed by atoms with van der Waals surface area (Å²) in [5, 5.41) is 14.7. The average molecular weight is 209 g/mol. The maximum absolute atomic E-state index is 11.8. The fraction of sp³-hybridized carbons (Fsp3) is 0.818. The summed E-state index contributed by atoms with van der Waals surface area (Å²) < 4.78 is 0. The Balaban J connectivity index is 2.35. The van der Waals surface area contributed by atoms with Gasteiger partial charge in [0.25, 0.3) is 0 Å². The third kappa shape index (κ3) is 3.88. The van der Waals surface area contributed by atoms with Crippen molar-refractivity contribution in [3.05, 3.63) is 0 Å². The van der Waals surface area contributed by atoms with Gasteiger partial charge in [-0.25, -0.2) is 0 Å². The van der Waals surface area contributed by atoms with Gasteiger partial charge in [-0.2, -0.15) is 5.26 Å². The lowest BCUT2D eigenvalue weighted by Crippen LogP contribution is -2.44. The smallest absolute Gasteiger partial charge is 0.224 e. The molecule has 15 heavy (non-hydrogen) atoms. The van der Waals surface area contributed by atoms with E-state index in [0.717, 1.165) is 32.4 Å². The van der Waals surface area contributed by atoms with Crippen LogP contribution < -0.4 is 10.6 Å². The van der Waals surface area contributed by atoms with Crippen LogP contribution in [0.3, 0.4) is 0 Å². The Morgan fingerprint density at radius 3 is 3.07 bits per heavy atom. The standard InChI is InChI=1S/C11H19N3O/c1-2-10(5-6-12)14-11(15)9-4-3-7-13-8-9/h9-10,13H,2-5,7-8H2,1H3,(H,14,15)/t9-,10?/m1/s1. The molecule has 0 spiro atoms. The topological polar surface area (TPSA) is 64.9 Å². The van der Waals surface area contributed by atoms with Gasteiger partial charge in [-0.3, -0.25) is 4.79 Å². The van der Waals surface area contributed by atoms with Crippen molar-refractivity contribution in [2.45, 2.75) is 38.6 Å². The number of nitriles is 1. The maximum Gasteiger partial charge on any atom is 0.224 e. The van der Waals surface area contributed by atoms with Gasteiger partial charge in [0.05, 0.1) is 18.4 Å². The molecule has 0 bridgehead atoms. The summed E-state index contributed by atoms with van der Waals surface area (Å²) in [7, 11) is 0. The van der Waals surface area contributed by atoms with Gasteiger partial charge in [0.1, 0.15) is 0 Å². The van der Waals surface area contributed by atoms with E-state index in [1.54, 1.807) is 0 Å². The molecule has 1 rings (SSSR count). The van der Waals surface area contributed by atoms with E-state index in [0.29, 0.717) is 6.42 Å². The Bertz CT molecular complexity index is 241. The number of piperidine rings is 1. The van der Waals surface area contributed by atoms with Crippen molar-refractivity contribution in [2.75, 3.05) is 13.1 Å². The second-order valence-corrected chi connectivity index (χ2v) is 4.02. The fourth-order valence-corrected chi connectivity index (χ4v) is 1.80. The van der Waals surface area contributed by atoms with Crippen LogP contribution in [0.4, 0.5) is 0 Å². The van der Waals surface area contributed by atoms with Gasteiger partial charge in [0, 0.05) is 12.6 Å². The normalized spacial score (nSPS) is 22.8. The van der Waals surface area contributed by atoms with Crippen molar-refractivity contribution in [1.29, 1.82) is 5.26 Å². The molecule has 4 heteroatoms. The SMILES string of the molecule is CCC(CC#N)NC(=O)[C@@H]1CCCNC1. The predicted molar refractivity (Wildman–Crippen MR) is 58.0 cm³/mol. The van der Waals surface area contributed by atoms with Gasteiger partial charge in [-0.15, -0.1) is 0 Å². The number of amides is 1. The van der Waals surface area contributed by atoms with Gasteiger partial charge in [0.2, 0.25) is 5.91 Å². The van der Waals surface area contributed by atoms with Gasteiger partial charge < -0.3 is 10.6 Å². The largest absolute Gasteiger partial charge is 0.352 e. The summed E-state index contributed by atoms with van der Waals surface area (Å²) in [6.07, 6.45) is 3.25. The van der Waals surface area contributed by atoms with E-state index in [-0.39, 0.29) is 17.9 Å². The maximum atomic E-state index is 11.8. The van der Waals surface area contributed by atoms with Crippen LogP contribution in [0.15, 0.2) is 0 Å². The van der Waals surface area contributed by atoms with Crippen LogP contribution in [0.25, 0.3) is 0 Å². The first kappa shape index (κ1) is 12.0. The zero-order valence-corrected chi connectivity index (χ0v) is 9.25. The van der Waals surface area contributed by atoms with Crippen LogP contribution in [0.5, 0.6) is 0 Å². The van der Waals surface area contributed by atoms with E-state index in [9.17, 15) is 4.79 Å². The Kier molecular flexibility index (Phi) is 5.13. The molecule has 2 N–H and O–H groups in total. The van der Waals surface area contributed by atoms with E-state index < -0.39 is 0 Å². The number of nitrogens with one attached hydrogen (secondary N) is 2. The van der Waals surface area contributed by atoms with Crippen molar-refractivity contribution in [3.8, 4) is 6.07 Å². The first-order valence-electron chi connectivity index (χ1n) is 5.66. The summed E-state index contributed by atoms with van der Waals surface area (Å²) in [6, 6.07) is 2.11. The second kappa shape index (κ2) is 6.41. The molecule has 0 aliphatic carbocycles. The monoisotopic (exact) mass is 209 g/mol. The number of nitrogens with zero attached hydrogens (tertiary/aromatic N) is 1. The molecule has 84 valence electrons. The van der Waals surface area contributed by atoms with Crippen LogP contribution in [0.1, 0.15) is 32.6 Å². The first-order valence-corrected chi connectivity index (χ1v) is 5.66. The molecular weight excluding hydrogens is 190 g/mol. The Labute approximate surface area is 91.0 Å². The molecule has 4 nitrogen and oxygen atoms in total. The van der Waals surface area contributed by atoms with Crippen molar-refractivity contribution in [1.82, 2.24) is 10.6 Å². The van der Waals surface area contributed by atoms with Crippen molar-refractivity contribution in [2.24, 2.45) is 5.92 Å². The van der Waals surface area contributed by atoms with E-state index in [1.807, 2.05) is 6.92 Å². The molecule has 1 amide bonds. The van der Waals surface area contributed by atoms with Crippen LogP contribution >= 0.6 is 0 Å². The van der Waals surface area contributed by atoms with Crippen molar-refractivity contribution >= 4 is 5.91 Å². The van der Waals surface area contributed by atoms with Crippen molar-refractivity contribution < 1.29 is 4.79 Å². The zero-order valence-electron chi connectivity index (χ0n) is 9.25. The molecule has 0 aromatic heterocycles. The number of hydrogen-bond acceptors (Lipinski definition) is 3. The third-order valence-electron chi connectivity index (χ3n) is 2.84. The molecule has 1 fully saturated rings. The third-order valence-corrected chi connectivity index (χ3v) is 2.84. The predicted octanol–water partition coefficient (Wildman–Crippen LogP) is 0.794. The van der Waals surface area contributed by atoms with Gasteiger partial charge in [0.15, 0.2) is 0 Å². The minimum Gasteiger partial charge on any atom is -0.352 e. The number of carbonyl (C=O) groups excluding carboxylic acids is 1. The summed E-state index contributed by atoms with van der Waals surface area (Å²) in [6.45, 7) is 3.77. The molecule has 1 saturated heterocycles. The van der Waals surface area contributed by atoms with Crippen LogP contribution in [0.2, 0.25) is 0 Å². The Hall–Kier alpha value is -1.08. The highest BCUT2D eigenvalue weighted by molar-refractivity contribution is 5.79. The number of hydrogen-bond donors (Lipinski definition) is 2. The van der Waals surface area contributed by atoms with E-state index >= 15 is 0 Å². The number of carbonyl (C=O) groups is 1. The minimum absolute atomic E-state index is 0.0180. The molecule has 0 saturated carbocycles. The summed E-state index contributed by atoms with van der Waals surface area (Å²) in [4.78, 5) is 11.8. The van der Waals surface area contributed by atoms with Crippen LogP contribution in [0, 0.1) is 17.2 Å². The highest BCUT2D eigenvalue weighted by Gasteiger charge is 2.22. The Morgan fingerprint density at radius 1 is 1.73 bits per heavy atom. The molecule has 0 radical (unpaired) electrons. The molecule has 2 atom stereocenters. The summed E-state index contributed by atoms with van der Waals surface area (Å²) >= 11 is 0. The van der Waals surface area contributed by atoms with E-state index in [1.165, 1.54) is 0 Å². The zero-order chi connectivity index (χ0) is 11.1. The fourth-order valence-electron chi connectivity index (χ4n) is 1.80. The van der Waals surface area contributed by atoms with Gasteiger partial charge >= 0.3 is 0 Å². The lowest BCUT2D eigenvalue weighted by molar-refractivity contribution is -0.126. The van der Waals surface area contributed by atoms with Crippen molar-refractivity contribution in [3.63, 3.8) is 0 Å². The number of rotatable bonds is 4. The molecule has 1 aliphatic rings.